The van der Waals surface area contributed by atoms with Gasteiger partial charge in [-0.05, 0) is 75.5 Å². The smallest absolute Gasteiger partial charge is 0.272 e. The maximum Gasteiger partial charge on any atom is 0.272 e. The van der Waals surface area contributed by atoms with E-state index in [-0.39, 0.29) is 5.91 Å². The van der Waals surface area contributed by atoms with Crippen molar-refractivity contribution in [3.63, 3.8) is 0 Å². The molecule has 0 radical (unpaired) electrons. The number of rotatable bonds is 8. The molecule has 2 aromatic rings. The van der Waals surface area contributed by atoms with Crippen LogP contribution in [0.5, 0.6) is 0 Å². The Morgan fingerprint density at radius 3 is 2.35 bits per heavy atom. The largest absolute Gasteiger partial charge is 0.347 e. The van der Waals surface area contributed by atoms with Crippen LogP contribution < -0.4 is 5.32 Å². The summed E-state index contributed by atoms with van der Waals surface area (Å²) < 4.78 is 2.05. The summed E-state index contributed by atoms with van der Waals surface area (Å²) in [6, 6.07) is 10.7. The van der Waals surface area contributed by atoms with Crippen molar-refractivity contribution in [2.75, 3.05) is 5.88 Å². The first-order valence-electron chi connectivity index (χ1n) is 12.1. The van der Waals surface area contributed by atoms with Crippen LogP contribution in [0, 0.1) is 30.6 Å². The predicted octanol–water partition coefficient (Wildman–Crippen LogP) is 5.82. The molecule has 4 saturated carbocycles. The van der Waals surface area contributed by atoms with Crippen molar-refractivity contribution in [3.8, 4) is 11.3 Å². The van der Waals surface area contributed by atoms with E-state index in [1.807, 2.05) is 22.9 Å². The molecule has 1 heterocycles. The third-order valence-electron chi connectivity index (χ3n) is 7.98. The van der Waals surface area contributed by atoms with Crippen molar-refractivity contribution in [1.29, 1.82) is 0 Å². The van der Waals surface area contributed by atoms with Gasteiger partial charge in [-0.25, -0.2) is 0 Å². The quantitative estimate of drug-likeness (QED) is 0.416. The molecule has 1 amide bonds. The van der Waals surface area contributed by atoms with E-state index in [1.54, 1.807) is 0 Å². The van der Waals surface area contributed by atoms with Crippen LogP contribution >= 0.6 is 11.6 Å². The van der Waals surface area contributed by atoms with Crippen LogP contribution in [-0.4, -0.2) is 27.6 Å². The van der Waals surface area contributed by atoms with E-state index < -0.39 is 0 Å². The number of nitrogens with one attached hydrogen (secondary N) is 1. The average Bonchev–Trinajstić information content (AvgIpc) is 3.10. The highest BCUT2D eigenvalue weighted by molar-refractivity contribution is 6.17. The molecule has 0 atom stereocenters. The van der Waals surface area contributed by atoms with E-state index in [1.165, 1.54) is 32.1 Å². The first-order valence-corrected chi connectivity index (χ1v) is 12.7. The highest BCUT2D eigenvalue weighted by Crippen LogP contribution is 2.53. The molecule has 0 spiro atoms. The molecule has 166 valence electrons. The lowest BCUT2D eigenvalue weighted by Gasteiger charge is -2.54. The molecular weight excluding hydrogens is 406 g/mol. The summed E-state index contributed by atoms with van der Waals surface area (Å²) in [5, 5.41) is 8.29. The molecule has 1 aromatic heterocycles. The van der Waals surface area contributed by atoms with Gasteiger partial charge in [-0.2, -0.15) is 5.10 Å². The molecule has 4 bridgehead atoms. The van der Waals surface area contributed by atoms with Crippen molar-refractivity contribution in [3.05, 3.63) is 41.6 Å². The van der Waals surface area contributed by atoms with Crippen LogP contribution in [0.15, 0.2) is 30.3 Å². The maximum absolute atomic E-state index is 13.4. The van der Waals surface area contributed by atoms with E-state index in [4.69, 9.17) is 16.7 Å². The standard InChI is InChI=1S/C26H34ClN3O/c1-17-23(26(31)28-24-21-13-18-12-19(15-21)16-22(24)14-18)29-30(11-7-3-6-10-27)25(17)20-8-4-2-5-9-20/h2,4-5,8-9,18-19,21-22,24H,3,6-7,10-16H2,1H3,(H,28,31). The number of alkyl halides is 1. The van der Waals surface area contributed by atoms with Crippen LogP contribution in [0.1, 0.15) is 67.4 Å². The van der Waals surface area contributed by atoms with Crippen molar-refractivity contribution in [1.82, 2.24) is 15.1 Å². The van der Waals surface area contributed by atoms with Crippen LogP contribution in [0.3, 0.4) is 0 Å². The zero-order valence-corrected chi connectivity index (χ0v) is 19.3. The van der Waals surface area contributed by atoms with Crippen molar-refractivity contribution < 1.29 is 4.79 Å². The molecule has 4 fully saturated rings. The number of amides is 1. The Morgan fingerprint density at radius 2 is 1.71 bits per heavy atom. The summed E-state index contributed by atoms with van der Waals surface area (Å²) >= 11 is 5.85. The number of hydrogen-bond acceptors (Lipinski definition) is 2. The van der Waals surface area contributed by atoms with E-state index in [0.29, 0.717) is 29.5 Å². The number of unbranched alkanes of at least 4 members (excludes halogenated alkanes) is 2. The predicted molar refractivity (Wildman–Crippen MR) is 125 cm³/mol. The summed E-state index contributed by atoms with van der Waals surface area (Å²) in [6.07, 6.45) is 9.77. The molecule has 1 N–H and O–H groups in total. The highest BCUT2D eigenvalue weighted by Gasteiger charge is 2.48. The lowest BCUT2D eigenvalue weighted by atomic mass is 9.54. The minimum absolute atomic E-state index is 0.0201. The van der Waals surface area contributed by atoms with Gasteiger partial charge in [0.25, 0.3) is 5.91 Å². The first kappa shape index (κ1) is 21.1. The van der Waals surface area contributed by atoms with Crippen LogP contribution in [0.4, 0.5) is 0 Å². The minimum atomic E-state index is 0.0201. The molecule has 0 unspecified atom stereocenters. The molecular formula is C26H34ClN3O. The lowest BCUT2D eigenvalue weighted by Crippen LogP contribution is -2.55. The van der Waals surface area contributed by atoms with Gasteiger partial charge < -0.3 is 5.32 Å². The number of carbonyl (C=O) groups excluding carboxylic acids is 1. The Bertz CT molecular complexity index is 894. The van der Waals surface area contributed by atoms with Crippen molar-refractivity contribution in [2.24, 2.45) is 23.7 Å². The molecule has 31 heavy (non-hydrogen) atoms. The van der Waals surface area contributed by atoms with Crippen LogP contribution in [-0.2, 0) is 6.54 Å². The monoisotopic (exact) mass is 439 g/mol. The van der Waals surface area contributed by atoms with E-state index in [0.717, 1.165) is 54.5 Å². The van der Waals surface area contributed by atoms with Gasteiger partial charge in [-0.1, -0.05) is 36.8 Å². The molecule has 0 aliphatic heterocycles. The molecule has 1 aromatic carbocycles. The van der Waals surface area contributed by atoms with E-state index in [9.17, 15) is 4.79 Å². The average molecular weight is 440 g/mol. The molecule has 6 rings (SSSR count). The Morgan fingerprint density at radius 1 is 1.03 bits per heavy atom. The van der Waals surface area contributed by atoms with Gasteiger partial charge in [0.2, 0.25) is 0 Å². The topological polar surface area (TPSA) is 46.9 Å². The Hall–Kier alpha value is -1.81. The lowest BCUT2D eigenvalue weighted by molar-refractivity contribution is -0.0120. The zero-order valence-electron chi connectivity index (χ0n) is 18.5. The van der Waals surface area contributed by atoms with Crippen LogP contribution in [0.2, 0.25) is 0 Å². The number of hydrogen-bond donors (Lipinski definition) is 1. The Balaban J connectivity index is 1.38. The number of nitrogens with zero attached hydrogens (tertiary/aromatic N) is 2. The molecule has 0 saturated heterocycles. The maximum atomic E-state index is 13.4. The summed E-state index contributed by atoms with van der Waals surface area (Å²) in [7, 11) is 0. The van der Waals surface area contributed by atoms with Gasteiger partial charge in [-0.15, -0.1) is 11.6 Å². The number of halogens is 1. The van der Waals surface area contributed by atoms with Crippen molar-refractivity contribution in [2.45, 2.75) is 70.9 Å². The number of aryl methyl sites for hydroxylation is 1. The highest BCUT2D eigenvalue weighted by atomic mass is 35.5. The van der Waals surface area contributed by atoms with E-state index >= 15 is 0 Å². The fourth-order valence-electron chi connectivity index (χ4n) is 6.80. The second kappa shape index (κ2) is 8.97. The summed E-state index contributed by atoms with van der Waals surface area (Å²) in [4.78, 5) is 13.4. The second-order valence-corrected chi connectivity index (χ2v) is 10.5. The number of aromatic nitrogens is 2. The summed E-state index contributed by atoms with van der Waals surface area (Å²) in [6.45, 7) is 2.86. The zero-order chi connectivity index (χ0) is 21.4. The number of benzene rings is 1. The van der Waals surface area contributed by atoms with Gasteiger partial charge in [-0.3, -0.25) is 9.48 Å². The SMILES string of the molecule is Cc1c(C(=O)NC2C3CC4CC(C3)CC2C4)nn(CCCCCCl)c1-c1ccccc1. The third-order valence-corrected chi connectivity index (χ3v) is 8.25. The van der Waals surface area contributed by atoms with Gasteiger partial charge >= 0.3 is 0 Å². The van der Waals surface area contributed by atoms with Crippen molar-refractivity contribution >= 4 is 17.5 Å². The normalized spacial score (nSPS) is 28.8. The summed E-state index contributed by atoms with van der Waals surface area (Å²) in [5.41, 5.74) is 3.79. The Labute approximate surface area is 190 Å². The van der Waals surface area contributed by atoms with Gasteiger partial charge in [0.15, 0.2) is 5.69 Å². The third kappa shape index (κ3) is 4.16. The van der Waals surface area contributed by atoms with Gasteiger partial charge in [0.1, 0.15) is 0 Å². The fraction of sp³-hybridized carbons (Fsp3) is 0.615. The van der Waals surface area contributed by atoms with Gasteiger partial charge in [0, 0.05) is 29.6 Å². The molecule has 5 heteroatoms. The fourth-order valence-corrected chi connectivity index (χ4v) is 6.99. The molecule has 4 aliphatic rings. The second-order valence-electron chi connectivity index (χ2n) is 10.1. The minimum Gasteiger partial charge on any atom is -0.347 e. The first-order chi connectivity index (χ1) is 15.1. The molecule has 4 aliphatic carbocycles. The van der Waals surface area contributed by atoms with Crippen LogP contribution in [0.25, 0.3) is 11.3 Å². The van der Waals surface area contributed by atoms with E-state index in [2.05, 4.69) is 24.4 Å². The summed E-state index contributed by atoms with van der Waals surface area (Å²) in [5.74, 6) is 3.89. The Kier molecular flexibility index (Phi) is 6.10. The van der Waals surface area contributed by atoms with Gasteiger partial charge in [0.05, 0.1) is 5.69 Å². The number of carbonyl (C=O) groups is 1. The molecule has 4 nitrogen and oxygen atoms in total.